The lowest BCUT2D eigenvalue weighted by atomic mass is 10.0. The Morgan fingerprint density at radius 3 is 2.67 bits per heavy atom. The summed E-state index contributed by atoms with van der Waals surface area (Å²) in [7, 11) is 0. The average molecular weight is 387 g/mol. The molecule has 1 amide bonds. The summed E-state index contributed by atoms with van der Waals surface area (Å²) in [5, 5.41) is 3.79. The molecule has 0 bridgehead atoms. The van der Waals surface area contributed by atoms with Gasteiger partial charge in [0.1, 0.15) is 5.75 Å². The summed E-state index contributed by atoms with van der Waals surface area (Å²) < 4.78 is 11.3. The van der Waals surface area contributed by atoms with E-state index in [0.29, 0.717) is 31.2 Å². The molecule has 1 saturated heterocycles. The molecule has 2 aromatic carbocycles. The van der Waals surface area contributed by atoms with E-state index in [0.717, 1.165) is 30.0 Å². The number of carbonyl (C=O) groups excluding carboxylic acids is 1. The zero-order chi connectivity index (χ0) is 18.6. The Labute approximate surface area is 164 Å². The van der Waals surface area contributed by atoms with Gasteiger partial charge in [0.2, 0.25) is 0 Å². The van der Waals surface area contributed by atoms with E-state index in [1.807, 2.05) is 48.5 Å². The maximum Gasteiger partial charge on any atom is 0.261 e. The largest absolute Gasteiger partial charge is 0.480 e. The lowest BCUT2D eigenvalue weighted by molar-refractivity contribution is -0.127. The minimum Gasteiger partial charge on any atom is -0.480 e. The number of morpholine rings is 1. The van der Waals surface area contributed by atoms with Crippen molar-refractivity contribution < 1.29 is 14.3 Å². The Morgan fingerprint density at radius 2 is 1.89 bits per heavy atom. The van der Waals surface area contributed by atoms with Gasteiger partial charge in [0.15, 0.2) is 6.10 Å². The lowest BCUT2D eigenvalue weighted by Gasteiger charge is -2.35. The molecule has 0 saturated carbocycles. The van der Waals surface area contributed by atoms with Crippen LogP contribution in [-0.2, 0) is 16.0 Å². The van der Waals surface area contributed by atoms with Gasteiger partial charge in [0.25, 0.3) is 5.91 Å². The van der Waals surface area contributed by atoms with Gasteiger partial charge in [-0.05, 0) is 23.3 Å². The minimum atomic E-state index is -0.473. The van der Waals surface area contributed by atoms with Gasteiger partial charge in [-0.15, -0.1) is 0 Å². The molecule has 2 aromatic rings. The molecule has 4 rings (SSSR count). The van der Waals surface area contributed by atoms with Crippen LogP contribution in [0.1, 0.15) is 17.2 Å². The van der Waals surface area contributed by atoms with Crippen molar-refractivity contribution in [3.05, 3.63) is 64.7 Å². The summed E-state index contributed by atoms with van der Waals surface area (Å²) in [4.78, 5) is 15.0. The van der Waals surface area contributed by atoms with Crippen LogP contribution in [0.4, 0.5) is 0 Å². The maximum atomic E-state index is 12.7. The first-order valence-corrected chi connectivity index (χ1v) is 9.68. The van der Waals surface area contributed by atoms with Gasteiger partial charge in [0, 0.05) is 31.1 Å². The Balaban J connectivity index is 1.44. The van der Waals surface area contributed by atoms with Gasteiger partial charge < -0.3 is 14.8 Å². The topological polar surface area (TPSA) is 50.8 Å². The van der Waals surface area contributed by atoms with E-state index >= 15 is 0 Å². The van der Waals surface area contributed by atoms with Gasteiger partial charge in [-0.2, -0.15) is 0 Å². The normalized spacial score (nSPS) is 20.6. The Bertz CT molecular complexity index is 783. The van der Waals surface area contributed by atoms with Gasteiger partial charge in [0.05, 0.1) is 19.3 Å². The van der Waals surface area contributed by atoms with Crippen molar-refractivity contribution in [3.63, 3.8) is 0 Å². The molecular weight excluding hydrogens is 364 g/mol. The van der Waals surface area contributed by atoms with Crippen LogP contribution in [0.5, 0.6) is 5.75 Å². The minimum absolute atomic E-state index is 0.00956. The Hall–Kier alpha value is -2.08. The number of para-hydroxylation sites is 1. The second-order valence-corrected chi connectivity index (χ2v) is 7.26. The molecule has 0 spiro atoms. The van der Waals surface area contributed by atoms with Crippen molar-refractivity contribution in [1.29, 1.82) is 0 Å². The molecule has 0 unspecified atom stereocenters. The van der Waals surface area contributed by atoms with Crippen LogP contribution in [0.25, 0.3) is 0 Å². The number of fused-ring (bicyclic) bond motifs is 1. The van der Waals surface area contributed by atoms with E-state index in [4.69, 9.17) is 21.1 Å². The van der Waals surface area contributed by atoms with Crippen LogP contribution in [0.3, 0.4) is 0 Å². The number of benzene rings is 2. The summed E-state index contributed by atoms with van der Waals surface area (Å²) in [5.74, 6) is 0.713. The molecular formula is C21H23ClN2O3. The molecule has 0 radical (unpaired) electrons. The van der Waals surface area contributed by atoms with Crippen LogP contribution < -0.4 is 10.1 Å². The zero-order valence-electron chi connectivity index (χ0n) is 15.1. The summed E-state index contributed by atoms with van der Waals surface area (Å²) in [6, 6.07) is 15.6. The third-order valence-electron chi connectivity index (χ3n) is 5.16. The van der Waals surface area contributed by atoms with Crippen LogP contribution >= 0.6 is 11.6 Å². The molecule has 27 heavy (non-hydrogen) atoms. The molecule has 2 aliphatic heterocycles. The average Bonchev–Trinajstić information content (AvgIpc) is 3.14. The Kier molecular flexibility index (Phi) is 5.62. The Morgan fingerprint density at radius 1 is 1.15 bits per heavy atom. The van der Waals surface area contributed by atoms with E-state index in [-0.39, 0.29) is 11.9 Å². The van der Waals surface area contributed by atoms with Crippen molar-refractivity contribution in [3.8, 4) is 5.75 Å². The van der Waals surface area contributed by atoms with E-state index in [2.05, 4.69) is 10.2 Å². The highest BCUT2D eigenvalue weighted by Gasteiger charge is 2.30. The van der Waals surface area contributed by atoms with Crippen molar-refractivity contribution >= 4 is 17.5 Å². The molecule has 0 aromatic heterocycles. The van der Waals surface area contributed by atoms with Gasteiger partial charge in [-0.1, -0.05) is 48.0 Å². The number of nitrogens with one attached hydrogen (secondary N) is 1. The van der Waals surface area contributed by atoms with E-state index < -0.39 is 6.10 Å². The fourth-order valence-corrected chi connectivity index (χ4v) is 3.97. The van der Waals surface area contributed by atoms with Crippen LogP contribution in [0, 0.1) is 0 Å². The second kappa shape index (κ2) is 8.30. The highest BCUT2D eigenvalue weighted by atomic mass is 35.5. The zero-order valence-corrected chi connectivity index (χ0v) is 15.8. The predicted octanol–water partition coefficient (Wildman–Crippen LogP) is 2.83. The number of carbonyl (C=O) groups is 1. The number of amides is 1. The first-order chi connectivity index (χ1) is 13.2. The standard InChI is InChI=1S/C21H23ClN2O3/c22-17-7-3-2-6-16(17)18(24-9-11-26-12-10-24)14-23-21(25)20-13-15-5-1-4-8-19(15)27-20/h1-8,18,20H,9-14H2,(H,23,25)/t18-,20+/m0/s1. The predicted molar refractivity (Wildman–Crippen MR) is 104 cm³/mol. The first kappa shape index (κ1) is 18.3. The number of hydrogen-bond acceptors (Lipinski definition) is 4. The SMILES string of the molecule is O=C(NC[C@@H](c1ccccc1Cl)N1CCOCC1)[C@H]1Cc2ccccc2O1. The number of hydrogen-bond donors (Lipinski definition) is 1. The quantitative estimate of drug-likeness (QED) is 0.858. The van der Waals surface area contributed by atoms with Crippen molar-refractivity contribution in [2.75, 3.05) is 32.8 Å². The number of ether oxygens (including phenoxy) is 2. The first-order valence-electron chi connectivity index (χ1n) is 9.31. The third kappa shape index (κ3) is 4.10. The van der Waals surface area contributed by atoms with Gasteiger partial charge in [-0.25, -0.2) is 0 Å². The third-order valence-corrected chi connectivity index (χ3v) is 5.50. The molecule has 6 heteroatoms. The number of halogens is 1. The molecule has 1 fully saturated rings. The van der Waals surface area contributed by atoms with Crippen LogP contribution in [-0.4, -0.2) is 49.8 Å². The summed E-state index contributed by atoms with van der Waals surface area (Å²) in [6.07, 6.45) is 0.134. The molecule has 2 heterocycles. The molecule has 5 nitrogen and oxygen atoms in total. The van der Waals surface area contributed by atoms with Gasteiger partial charge >= 0.3 is 0 Å². The molecule has 142 valence electrons. The molecule has 0 aliphatic carbocycles. The smallest absolute Gasteiger partial charge is 0.261 e. The lowest BCUT2D eigenvalue weighted by Crippen LogP contribution is -2.46. The van der Waals surface area contributed by atoms with Crippen molar-refractivity contribution in [2.45, 2.75) is 18.6 Å². The molecule has 2 atom stereocenters. The van der Waals surface area contributed by atoms with Crippen LogP contribution in [0.2, 0.25) is 5.02 Å². The summed E-state index contributed by atoms with van der Waals surface area (Å²) in [5.41, 5.74) is 2.10. The summed E-state index contributed by atoms with van der Waals surface area (Å²) in [6.45, 7) is 3.50. The second-order valence-electron chi connectivity index (χ2n) is 6.85. The van der Waals surface area contributed by atoms with Crippen molar-refractivity contribution in [1.82, 2.24) is 10.2 Å². The molecule has 2 aliphatic rings. The summed E-state index contributed by atoms with van der Waals surface area (Å²) >= 11 is 6.45. The van der Waals surface area contributed by atoms with E-state index in [1.165, 1.54) is 0 Å². The monoisotopic (exact) mass is 386 g/mol. The van der Waals surface area contributed by atoms with E-state index in [1.54, 1.807) is 0 Å². The number of nitrogens with zero attached hydrogens (tertiary/aromatic N) is 1. The van der Waals surface area contributed by atoms with Gasteiger partial charge in [-0.3, -0.25) is 9.69 Å². The van der Waals surface area contributed by atoms with Crippen LogP contribution in [0.15, 0.2) is 48.5 Å². The number of rotatable bonds is 5. The van der Waals surface area contributed by atoms with E-state index in [9.17, 15) is 4.79 Å². The fraction of sp³-hybridized carbons (Fsp3) is 0.381. The molecule has 1 N–H and O–H groups in total. The fourth-order valence-electron chi connectivity index (χ4n) is 3.71. The highest BCUT2D eigenvalue weighted by molar-refractivity contribution is 6.31. The highest BCUT2D eigenvalue weighted by Crippen LogP contribution is 2.30. The van der Waals surface area contributed by atoms with Crippen molar-refractivity contribution in [2.24, 2.45) is 0 Å². The maximum absolute atomic E-state index is 12.7.